The molecule has 9 heteroatoms. The molecule has 0 amide bonds. The average molecular weight is 460 g/mol. The molecule has 9 nitrogen and oxygen atoms in total. The van der Waals surface area contributed by atoms with Gasteiger partial charge in [-0.3, -0.25) is 9.59 Å². The molecule has 0 saturated heterocycles. The molecule has 32 heavy (non-hydrogen) atoms. The quantitative estimate of drug-likeness (QED) is 0.268. The molecule has 0 heterocycles. The maximum absolute atomic E-state index is 11.6. The lowest BCUT2D eigenvalue weighted by atomic mass is 10.2. The summed E-state index contributed by atoms with van der Waals surface area (Å²) in [6, 6.07) is 7.50. The maximum atomic E-state index is 11.6. The Labute approximate surface area is 192 Å². The number of ether oxygens (including phenoxy) is 5. The molecule has 0 aliphatic rings. The van der Waals surface area contributed by atoms with Crippen LogP contribution in [0.3, 0.4) is 0 Å². The van der Waals surface area contributed by atoms with Crippen molar-refractivity contribution in [2.45, 2.75) is 33.3 Å². The van der Waals surface area contributed by atoms with E-state index in [2.05, 4.69) is 10.1 Å². The summed E-state index contributed by atoms with van der Waals surface area (Å²) in [4.78, 5) is 22.1. The molecule has 0 fully saturated rings. The van der Waals surface area contributed by atoms with Crippen molar-refractivity contribution in [1.29, 1.82) is 0 Å². The van der Waals surface area contributed by atoms with Gasteiger partial charge in [-0.2, -0.15) is 0 Å². The van der Waals surface area contributed by atoms with E-state index in [0.717, 1.165) is 11.3 Å². The Kier molecular flexibility index (Phi) is 23.7. The molecule has 0 aromatic heterocycles. The van der Waals surface area contributed by atoms with Crippen molar-refractivity contribution in [2.75, 3.05) is 72.8 Å². The summed E-state index contributed by atoms with van der Waals surface area (Å²) in [5.41, 5.74) is 1.83. The number of anilines is 1. The van der Waals surface area contributed by atoms with Gasteiger partial charge in [0.1, 0.15) is 5.78 Å². The van der Waals surface area contributed by atoms with Crippen molar-refractivity contribution in [1.82, 2.24) is 0 Å². The summed E-state index contributed by atoms with van der Waals surface area (Å²) in [5.74, 6) is -0.0655. The second-order valence-corrected chi connectivity index (χ2v) is 6.36. The third kappa shape index (κ3) is 19.9. The number of hydrogen-bond donors (Lipinski definition) is 2. The number of aliphatic hydroxyl groups is 1. The predicted molar refractivity (Wildman–Crippen MR) is 124 cm³/mol. The number of carbonyl (C=O) groups is 2. The maximum Gasteiger partial charge on any atom is 0.307 e. The van der Waals surface area contributed by atoms with Crippen LogP contribution in [0.1, 0.15) is 32.3 Å². The Balaban J connectivity index is 0. The number of hydrogen-bond acceptors (Lipinski definition) is 9. The lowest BCUT2D eigenvalue weighted by Crippen LogP contribution is -2.12. The van der Waals surface area contributed by atoms with Crippen molar-refractivity contribution in [3.8, 4) is 0 Å². The highest BCUT2D eigenvalue weighted by Gasteiger charge is 2.02. The molecule has 0 unspecified atom stereocenters. The summed E-state index contributed by atoms with van der Waals surface area (Å²) in [6.07, 6.45) is 1.23. The third-order valence-corrected chi connectivity index (χ3v) is 3.94. The fourth-order valence-corrected chi connectivity index (χ4v) is 2.13. The number of rotatable bonds is 17. The van der Waals surface area contributed by atoms with E-state index in [1.54, 1.807) is 14.2 Å². The van der Waals surface area contributed by atoms with E-state index in [4.69, 9.17) is 24.1 Å². The molecule has 0 spiro atoms. The van der Waals surface area contributed by atoms with Crippen molar-refractivity contribution in [2.24, 2.45) is 0 Å². The van der Waals surface area contributed by atoms with Crippen molar-refractivity contribution < 1.29 is 38.4 Å². The van der Waals surface area contributed by atoms with Crippen LogP contribution in [-0.4, -0.2) is 84.4 Å². The van der Waals surface area contributed by atoms with Crippen LogP contribution in [0.5, 0.6) is 0 Å². The van der Waals surface area contributed by atoms with Crippen LogP contribution in [0.2, 0.25) is 0 Å². The van der Waals surface area contributed by atoms with E-state index in [0.29, 0.717) is 65.4 Å². The van der Waals surface area contributed by atoms with Gasteiger partial charge in [0.15, 0.2) is 0 Å². The Bertz CT molecular complexity index is 566. The lowest BCUT2D eigenvalue weighted by molar-refractivity contribution is -0.141. The monoisotopic (exact) mass is 459 g/mol. The second kappa shape index (κ2) is 23.6. The number of esters is 1. The topological polar surface area (TPSA) is 113 Å². The summed E-state index contributed by atoms with van der Waals surface area (Å²) < 4.78 is 24.2. The number of nitrogens with one attached hydrogen (secondary N) is 1. The first-order chi connectivity index (χ1) is 15.1. The van der Waals surface area contributed by atoms with Gasteiger partial charge in [0.2, 0.25) is 0 Å². The van der Waals surface area contributed by atoms with Crippen molar-refractivity contribution >= 4 is 17.4 Å². The van der Waals surface area contributed by atoms with Crippen molar-refractivity contribution in [3.63, 3.8) is 0 Å². The van der Waals surface area contributed by atoms with Crippen LogP contribution in [-0.2, 0) is 39.9 Å². The van der Waals surface area contributed by atoms with Crippen LogP contribution in [0.15, 0.2) is 24.3 Å². The van der Waals surface area contributed by atoms with Crippen LogP contribution in [0, 0.1) is 0 Å². The number of methoxy groups -OCH3 is 3. The Morgan fingerprint density at radius 3 is 1.88 bits per heavy atom. The van der Waals surface area contributed by atoms with Crippen LogP contribution < -0.4 is 5.32 Å². The minimum absolute atomic E-state index is 0. The SMILES string of the molecule is C.COCCOCCC(=O)CCNc1ccc(CO)cc1.COCCOCCC(=O)OC. The normalized spacial score (nSPS) is 9.88. The van der Waals surface area contributed by atoms with E-state index < -0.39 is 0 Å². The van der Waals surface area contributed by atoms with Crippen LogP contribution >= 0.6 is 0 Å². The number of ketones is 1. The van der Waals surface area contributed by atoms with E-state index in [9.17, 15) is 9.59 Å². The first-order valence-electron chi connectivity index (χ1n) is 10.2. The summed E-state index contributed by atoms with van der Waals surface area (Å²) in [6.45, 7) is 3.66. The van der Waals surface area contributed by atoms with Gasteiger partial charge in [-0.1, -0.05) is 19.6 Å². The highest BCUT2D eigenvalue weighted by atomic mass is 16.5. The largest absolute Gasteiger partial charge is 0.469 e. The molecular formula is C23H41NO8. The summed E-state index contributed by atoms with van der Waals surface area (Å²) in [5, 5.41) is 12.1. The fraction of sp³-hybridized carbons (Fsp3) is 0.652. The van der Waals surface area contributed by atoms with Crippen molar-refractivity contribution in [3.05, 3.63) is 29.8 Å². The molecule has 1 aromatic rings. The molecule has 0 saturated carbocycles. The lowest BCUT2D eigenvalue weighted by Gasteiger charge is -2.07. The fourth-order valence-electron chi connectivity index (χ4n) is 2.13. The highest BCUT2D eigenvalue weighted by molar-refractivity contribution is 5.79. The molecule has 0 radical (unpaired) electrons. The van der Waals surface area contributed by atoms with Gasteiger partial charge >= 0.3 is 5.97 Å². The molecule has 2 N–H and O–H groups in total. The predicted octanol–water partition coefficient (Wildman–Crippen LogP) is 2.45. The first-order valence-corrected chi connectivity index (χ1v) is 10.2. The zero-order valence-electron chi connectivity index (χ0n) is 18.9. The number of aliphatic hydroxyl groups excluding tert-OH is 1. The van der Waals surface area contributed by atoms with Gasteiger partial charge in [-0.25, -0.2) is 0 Å². The zero-order chi connectivity index (χ0) is 23.2. The van der Waals surface area contributed by atoms with E-state index >= 15 is 0 Å². The molecule has 0 aliphatic heterocycles. The number of Topliss-reactive ketones (excluding diaryl/α,β-unsaturated/α-hetero) is 1. The smallest absolute Gasteiger partial charge is 0.307 e. The molecule has 0 atom stereocenters. The Morgan fingerprint density at radius 1 is 0.812 bits per heavy atom. The molecule has 0 aliphatic carbocycles. The van der Waals surface area contributed by atoms with Crippen LogP contribution in [0.4, 0.5) is 5.69 Å². The highest BCUT2D eigenvalue weighted by Crippen LogP contribution is 2.09. The van der Waals surface area contributed by atoms with Gasteiger partial charge < -0.3 is 34.1 Å². The first kappa shape index (κ1) is 32.1. The number of benzene rings is 1. The Morgan fingerprint density at radius 2 is 1.38 bits per heavy atom. The number of carbonyl (C=O) groups excluding carboxylic acids is 2. The average Bonchev–Trinajstić information content (AvgIpc) is 2.79. The third-order valence-electron chi connectivity index (χ3n) is 3.94. The van der Waals surface area contributed by atoms with Gasteiger partial charge in [-0.15, -0.1) is 0 Å². The van der Waals surface area contributed by atoms with E-state index in [-0.39, 0.29) is 25.8 Å². The van der Waals surface area contributed by atoms with E-state index in [1.165, 1.54) is 7.11 Å². The zero-order valence-corrected chi connectivity index (χ0v) is 18.9. The van der Waals surface area contributed by atoms with Gasteiger partial charge in [0.05, 0.1) is 59.8 Å². The molecule has 1 aromatic carbocycles. The molecule has 1 rings (SSSR count). The van der Waals surface area contributed by atoms with Gasteiger partial charge in [0, 0.05) is 39.3 Å². The minimum atomic E-state index is -0.248. The standard InChI is InChI=1S/C15H23NO4.C7H14O4.CH4/c1-19-10-11-20-9-7-15(18)6-8-16-14-4-2-13(12-17)3-5-14;1-9-5-6-11-4-3-7(8)10-2;/h2-5,16-17H,6-12H2,1H3;3-6H2,1-2H3;1H4. The molecular weight excluding hydrogens is 418 g/mol. The molecule has 186 valence electrons. The summed E-state index contributed by atoms with van der Waals surface area (Å²) >= 11 is 0. The summed E-state index contributed by atoms with van der Waals surface area (Å²) in [7, 11) is 4.58. The van der Waals surface area contributed by atoms with E-state index in [1.807, 2.05) is 24.3 Å². The van der Waals surface area contributed by atoms with Gasteiger partial charge in [0.25, 0.3) is 0 Å². The second-order valence-electron chi connectivity index (χ2n) is 6.36. The van der Waals surface area contributed by atoms with Gasteiger partial charge in [-0.05, 0) is 17.7 Å². The van der Waals surface area contributed by atoms with Crippen LogP contribution in [0.25, 0.3) is 0 Å². The molecule has 0 bridgehead atoms. The Hall–Kier alpha value is -2.04. The minimum Gasteiger partial charge on any atom is -0.469 e.